The van der Waals surface area contributed by atoms with Crippen molar-refractivity contribution in [3.63, 3.8) is 0 Å². The summed E-state index contributed by atoms with van der Waals surface area (Å²) in [4.78, 5) is 14.3. The summed E-state index contributed by atoms with van der Waals surface area (Å²) in [6.45, 7) is 1.81. The molecule has 0 bridgehead atoms. The quantitative estimate of drug-likeness (QED) is 0.743. The molecule has 6 nitrogen and oxygen atoms in total. The Morgan fingerprint density at radius 3 is 2.85 bits per heavy atom. The minimum absolute atomic E-state index is 0.201. The Kier molecular flexibility index (Phi) is 2.71. The summed E-state index contributed by atoms with van der Waals surface area (Å²) in [5.74, 6) is 0.475. The van der Waals surface area contributed by atoms with Gasteiger partial charge in [0.15, 0.2) is 0 Å². The number of aromatic nitrogens is 3. The van der Waals surface area contributed by atoms with Gasteiger partial charge in [0.1, 0.15) is 11.4 Å². The van der Waals surface area contributed by atoms with Gasteiger partial charge in [-0.05, 0) is 13.0 Å². The summed E-state index contributed by atoms with van der Waals surface area (Å²) in [7, 11) is 1.58. The maximum absolute atomic E-state index is 11.6. The monoisotopic (exact) mass is 271 g/mol. The standard InChI is InChI=1S/C14H13N3O3/c1-8-13(9-5-3-4-6-10(9)20-2)14-15-11(18)7-12(19)17(14)16-8/h3-7,19H,1-2H3,(H,15,18). The number of hydrogen-bond donors (Lipinski definition) is 2. The maximum atomic E-state index is 11.6. The third-order valence-corrected chi connectivity index (χ3v) is 3.16. The van der Waals surface area contributed by atoms with Crippen LogP contribution in [0.15, 0.2) is 35.1 Å². The number of methoxy groups -OCH3 is 1. The highest BCUT2D eigenvalue weighted by molar-refractivity contribution is 5.83. The number of nitrogens with one attached hydrogen (secondary N) is 1. The van der Waals surface area contributed by atoms with E-state index in [9.17, 15) is 9.90 Å². The molecule has 20 heavy (non-hydrogen) atoms. The molecule has 2 aromatic heterocycles. The molecule has 0 amide bonds. The number of H-pyrrole nitrogens is 1. The van der Waals surface area contributed by atoms with Gasteiger partial charge >= 0.3 is 0 Å². The predicted octanol–water partition coefficient (Wildman–Crippen LogP) is 1.71. The van der Waals surface area contributed by atoms with Crippen LogP contribution in [0, 0.1) is 6.92 Å². The Labute approximate surface area is 114 Å². The fourth-order valence-electron chi connectivity index (χ4n) is 2.31. The van der Waals surface area contributed by atoms with Crippen molar-refractivity contribution in [2.45, 2.75) is 6.92 Å². The molecular formula is C14H13N3O3. The minimum atomic E-state index is -0.383. The van der Waals surface area contributed by atoms with Gasteiger partial charge in [0.25, 0.3) is 5.56 Å². The summed E-state index contributed by atoms with van der Waals surface area (Å²) in [6, 6.07) is 8.54. The first kappa shape index (κ1) is 12.3. The van der Waals surface area contributed by atoms with Crippen molar-refractivity contribution in [1.29, 1.82) is 0 Å². The van der Waals surface area contributed by atoms with Gasteiger partial charge in [-0.25, -0.2) is 0 Å². The number of aromatic hydroxyl groups is 1. The smallest absolute Gasteiger partial charge is 0.254 e. The molecule has 0 saturated heterocycles. The molecule has 0 aliphatic heterocycles. The first-order valence-electron chi connectivity index (χ1n) is 6.07. The van der Waals surface area contributed by atoms with Crippen LogP contribution in [0.2, 0.25) is 0 Å². The van der Waals surface area contributed by atoms with Crippen molar-refractivity contribution in [3.05, 3.63) is 46.4 Å². The molecule has 0 radical (unpaired) electrons. The van der Waals surface area contributed by atoms with Gasteiger partial charge in [-0.15, -0.1) is 0 Å². The van der Waals surface area contributed by atoms with E-state index in [0.717, 1.165) is 17.2 Å². The summed E-state index contributed by atoms with van der Waals surface area (Å²) in [5.41, 5.74) is 2.29. The summed E-state index contributed by atoms with van der Waals surface area (Å²) < 4.78 is 6.65. The molecule has 0 spiro atoms. The molecule has 2 N–H and O–H groups in total. The predicted molar refractivity (Wildman–Crippen MR) is 74.2 cm³/mol. The number of ether oxygens (including phenoxy) is 1. The number of nitrogens with zero attached hydrogens (tertiary/aromatic N) is 2. The average molecular weight is 271 g/mol. The van der Waals surface area contributed by atoms with Crippen LogP contribution < -0.4 is 10.3 Å². The molecule has 0 atom stereocenters. The molecule has 0 saturated carbocycles. The van der Waals surface area contributed by atoms with E-state index in [4.69, 9.17) is 4.74 Å². The topological polar surface area (TPSA) is 79.6 Å². The van der Waals surface area contributed by atoms with Crippen molar-refractivity contribution < 1.29 is 9.84 Å². The van der Waals surface area contributed by atoms with E-state index < -0.39 is 0 Å². The molecule has 6 heteroatoms. The number of para-hydroxylation sites is 1. The van der Waals surface area contributed by atoms with Gasteiger partial charge < -0.3 is 14.8 Å². The van der Waals surface area contributed by atoms with Crippen molar-refractivity contribution in [1.82, 2.24) is 14.6 Å². The minimum Gasteiger partial charge on any atom is -0.496 e. The van der Waals surface area contributed by atoms with Gasteiger partial charge in [-0.3, -0.25) is 4.79 Å². The Balaban J connectivity index is 2.42. The highest BCUT2D eigenvalue weighted by Crippen LogP contribution is 2.34. The molecule has 102 valence electrons. The number of rotatable bonds is 2. The molecule has 0 fully saturated rings. The van der Waals surface area contributed by atoms with Crippen LogP contribution in [0.5, 0.6) is 11.6 Å². The first-order valence-corrected chi connectivity index (χ1v) is 6.07. The Morgan fingerprint density at radius 2 is 2.10 bits per heavy atom. The zero-order chi connectivity index (χ0) is 14.3. The van der Waals surface area contributed by atoms with E-state index in [2.05, 4.69) is 10.1 Å². The van der Waals surface area contributed by atoms with Gasteiger partial charge in [0, 0.05) is 5.56 Å². The van der Waals surface area contributed by atoms with E-state index in [0.29, 0.717) is 17.1 Å². The number of aromatic amines is 1. The van der Waals surface area contributed by atoms with Crippen LogP contribution in [0.4, 0.5) is 0 Å². The fourth-order valence-corrected chi connectivity index (χ4v) is 2.31. The van der Waals surface area contributed by atoms with Crippen molar-refractivity contribution in [3.8, 4) is 22.8 Å². The second-order valence-corrected chi connectivity index (χ2v) is 4.41. The van der Waals surface area contributed by atoms with Crippen molar-refractivity contribution >= 4 is 5.65 Å². The third kappa shape index (κ3) is 1.73. The first-order chi connectivity index (χ1) is 9.61. The van der Waals surface area contributed by atoms with Gasteiger partial charge in [0.2, 0.25) is 5.88 Å². The highest BCUT2D eigenvalue weighted by atomic mass is 16.5. The number of fused-ring (bicyclic) bond motifs is 1. The molecule has 3 rings (SSSR count). The zero-order valence-electron chi connectivity index (χ0n) is 11.0. The van der Waals surface area contributed by atoms with Crippen LogP contribution in [0.3, 0.4) is 0 Å². The Morgan fingerprint density at radius 1 is 1.35 bits per heavy atom. The van der Waals surface area contributed by atoms with Crippen LogP contribution >= 0.6 is 0 Å². The SMILES string of the molecule is COc1ccccc1-c1c(C)nn2c(O)cc(=O)[nH]c12. The van der Waals surface area contributed by atoms with Gasteiger partial charge in [-0.2, -0.15) is 9.61 Å². The van der Waals surface area contributed by atoms with E-state index in [1.54, 1.807) is 7.11 Å². The van der Waals surface area contributed by atoms with Gasteiger partial charge in [-0.1, -0.05) is 18.2 Å². The molecule has 0 aliphatic carbocycles. The second-order valence-electron chi connectivity index (χ2n) is 4.41. The number of benzene rings is 1. The van der Waals surface area contributed by atoms with Crippen LogP contribution in [0.25, 0.3) is 16.8 Å². The van der Waals surface area contributed by atoms with Crippen LogP contribution in [-0.4, -0.2) is 26.8 Å². The van der Waals surface area contributed by atoms with E-state index in [1.165, 1.54) is 4.52 Å². The molecule has 3 aromatic rings. The largest absolute Gasteiger partial charge is 0.496 e. The second kappa shape index (κ2) is 4.41. The lowest BCUT2D eigenvalue weighted by atomic mass is 10.1. The van der Waals surface area contributed by atoms with E-state index >= 15 is 0 Å². The maximum Gasteiger partial charge on any atom is 0.254 e. The summed E-state index contributed by atoms with van der Waals surface area (Å²) >= 11 is 0. The summed E-state index contributed by atoms with van der Waals surface area (Å²) in [5, 5.41) is 14.1. The van der Waals surface area contributed by atoms with Crippen molar-refractivity contribution in [2.24, 2.45) is 0 Å². The third-order valence-electron chi connectivity index (χ3n) is 3.16. The lowest BCUT2D eigenvalue weighted by Gasteiger charge is -2.07. The summed E-state index contributed by atoms with van der Waals surface area (Å²) in [6.07, 6.45) is 0. The Hall–Kier alpha value is -2.76. The number of hydrogen-bond acceptors (Lipinski definition) is 4. The molecule has 1 aromatic carbocycles. The molecule has 0 aliphatic rings. The average Bonchev–Trinajstić information content (AvgIpc) is 2.75. The molecular weight excluding hydrogens is 258 g/mol. The Bertz CT molecular complexity index is 848. The number of aryl methyl sites for hydroxylation is 1. The lowest BCUT2D eigenvalue weighted by molar-refractivity contribution is 0.416. The normalized spacial score (nSPS) is 10.9. The fraction of sp³-hybridized carbons (Fsp3) is 0.143. The highest BCUT2D eigenvalue weighted by Gasteiger charge is 2.17. The van der Waals surface area contributed by atoms with Gasteiger partial charge in [0.05, 0.1) is 24.4 Å². The van der Waals surface area contributed by atoms with E-state index in [1.807, 2.05) is 31.2 Å². The lowest BCUT2D eigenvalue weighted by Crippen LogP contribution is -2.07. The van der Waals surface area contributed by atoms with E-state index in [-0.39, 0.29) is 11.4 Å². The molecule has 0 unspecified atom stereocenters. The van der Waals surface area contributed by atoms with Crippen LogP contribution in [0.1, 0.15) is 5.69 Å². The molecule has 2 heterocycles. The van der Waals surface area contributed by atoms with Crippen molar-refractivity contribution in [2.75, 3.05) is 7.11 Å². The zero-order valence-corrected chi connectivity index (χ0v) is 11.0. The van der Waals surface area contributed by atoms with Crippen LogP contribution in [-0.2, 0) is 0 Å².